The molecule has 1 unspecified atom stereocenters. The van der Waals surface area contributed by atoms with Crippen molar-refractivity contribution in [1.29, 1.82) is 0 Å². The van der Waals surface area contributed by atoms with Crippen LogP contribution in [0.2, 0.25) is 0 Å². The van der Waals surface area contributed by atoms with Crippen LogP contribution < -0.4 is 9.83 Å². The van der Waals surface area contributed by atoms with Gasteiger partial charge in [-0.2, -0.15) is 0 Å². The SMILES string of the molecule is OP(=Nc1ccccc1)(Oc1ccccc1)c1ccccc1. The van der Waals surface area contributed by atoms with Gasteiger partial charge in [0.1, 0.15) is 5.75 Å². The molecule has 0 amide bonds. The van der Waals surface area contributed by atoms with Crippen molar-refractivity contribution in [2.45, 2.75) is 0 Å². The van der Waals surface area contributed by atoms with E-state index in [0.29, 0.717) is 16.7 Å². The minimum absolute atomic E-state index is 0.599. The lowest BCUT2D eigenvalue weighted by atomic mass is 10.3. The standard InChI is InChI=1S/C18H16NO2P/c20-22(18-14-8-3-9-15-18,19-16-10-4-1-5-11-16)21-17-12-6-2-7-13-17/h1-15,20H. The molecule has 0 heterocycles. The van der Waals surface area contributed by atoms with Crippen LogP contribution in [0, 0.1) is 0 Å². The molecule has 0 fully saturated rings. The van der Waals surface area contributed by atoms with Crippen LogP contribution in [0.5, 0.6) is 5.75 Å². The van der Waals surface area contributed by atoms with Crippen LogP contribution in [-0.2, 0) is 0 Å². The third-order valence-electron chi connectivity index (χ3n) is 3.08. The molecule has 110 valence electrons. The molecule has 1 N–H and O–H groups in total. The molecule has 0 saturated carbocycles. The maximum atomic E-state index is 11.1. The predicted octanol–water partition coefficient (Wildman–Crippen LogP) is 4.75. The van der Waals surface area contributed by atoms with Crippen molar-refractivity contribution in [2.75, 3.05) is 0 Å². The molecule has 3 aromatic rings. The minimum Gasteiger partial charge on any atom is -0.435 e. The average molecular weight is 309 g/mol. The van der Waals surface area contributed by atoms with Gasteiger partial charge in [-0.3, -0.25) is 0 Å². The molecular weight excluding hydrogens is 293 g/mol. The highest BCUT2D eigenvalue weighted by molar-refractivity contribution is 7.64. The van der Waals surface area contributed by atoms with Crippen LogP contribution >= 0.6 is 7.51 Å². The normalized spacial score (nSPS) is 13.1. The quantitative estimate of drug-likeness (QED) is 0.707. The van der Waals surface area contributed by atoms with E-state index in [-0.39, 0.29) is 0 Å². The van der Waals surface area contributed by atoms with E-state index in [1.54, 1.807) is 0 Å². The zero-order chi connectivity index (χ0) is 15.3. The maximum Gasteiger partial charge on any atom is 0.297 e. The molecule has 0 spiro atoms. The summed E-state index contributed by atoms with van der Waals surface area (Å²) in [6.45, 7) is 0. The second kappa shape index (κ2) is 6.61. The smallest absolute Gasteiger partial charge is 0.297 e. The Morgan fingerprint density at radius 1 is 0.682 bits per heavy atom. The Labute approximate surface area is 130 Å². The fourth-order valence-corrected chi connectivity index (χ4v) is 3.72. The van der Waals surface area contributed by atoms with E-state index >= 15 is 0 Å². The highest BCUT2D eigenvalue weighted by Gasteiger charge is 2.22. The van der Waals surface area contributed by atoms with Gasteiger partial charge in [-0.25, -0.2) is 4.74 Å². The van der Waals surface area contributed by atoms with E-state index in [2.05, 4.69) is 4.74 Å². The topological polar surface area (TPSA) is 41.8 Å². The van der Waals surface area contributed by atoms with E-state index < -0.39 is 7.51 Å². The van der Waals surface area contributed by atoms with Crippen LogP contribution in [0.1, 0.15) is 0 Å². The molecule has 22 heavy (non-hydrogen) atoms. The van der Waals surface area contributed by atoms with Gasteiger partial charge in [0.05, 0.1) is 11.0 Å². The van der Waals surface area contributed by atoms with E-state index in [1.165, 1.54) is 0 Å². The summed E-state index contributed by atoms with van der Waals surface area (Å²) in [5.41, 5.74) is 0.693. The molecule has 0 radical (unpaired) electrons. The van der Waals surface area contributed by atoms with E-state index in [0.717, 1.165) is 0 Å². The van der Waals surface area contributed by atoms with Gasteiger partial charge in [0.25, 0.3) is 7.51 Å². The summed E-state index contributed by atoms with van der Waals surface area (Å²) in [6, 6.07) is 28.0. The number of rotatable bonds is 4. The summed E-state index contributed by atoms with van der Waals surface area (Å²) in [5, 5.41) is 0.683. The molecular formula is C18H16NO2P. The van der Waals surface area contributed by atoms with Gasteiger partial charge in [-0.1, -0.05) is 54.6 Å². The Bertz CT molecular complexity index is 774. The highest BCUT2D eigenvalue weighted by atomic mass is 31.2. The van der Waals surface area contributed by atoms with Crippen LogP contribution in [0.4, 0.5) is 5.69 Å². The van der Waals surface area contributed by atoms with Crippen LogP contribution in [-0.4, -0.2) is 4.89 Å². The highest BCUT2D eigenvalue weighted by Crippen LogP contribution is 2.48. The Hall–Kier alpha value is -2.35. The van der Waals surface area contributed by atoms with E-state index in [1.807, 2.05) is 91.0 Å². The molecule has 4 heteroatoms. The second-order valence-corrected chi connectivity index (χ2v) is 6.71. The summed E-state index contributed by atoms with van der Waals surface area (Å²) in [5.74, 6) is 0.599. The van der Waals surface area contributed by atoms with Crippen molar-refractivity contribution in [3.63, 3.8) is 0 Å². The summed E-state index contributed by atoms with van der Waals surface area (Å²) < 4.78 is 10.4. The molecule has 3 aromatic carbocycles. The van der Waals surface area contributed by atoms with Gasteiger partial charge >= 0.3 is 0 Å². The van der Waals surface area contributed by atoms with Crippen molar-refractivity contribution < 1.29 is 9.42 Å². The summed E-state index contributed by atoms with van der Waals surface area (Å²) in [7, 11) is -3.14. The molecule has 0 aromatic heterocycles. The number of para-hydroxylation sites is 1. The molecule has 0 aliphatic rings. The van der Waals surface area contributed by atoms with Crippen molar-refractivity contribution in [1.82, 2.24) is 0 Å². The van der Waals surface area contributed by atoms with Gasteiger partial charge in [-0.05, 0) is 36.4 Å². The van der Waals surface area contributed by atoms with Crippen LogP contribution in [0.3, 0.4) is 0 Å². The minimum atomic E-state index is -3.14. The van der Waals surface area contributed by atoms with E-state index in [4.69, 9.17) is 4.52 Å². The molecule has 3 rings (SSSR count). The largest absolute Gasteiger partial charge is 0.435 e. The lowest BCUT2D eigenvalue weighted by molar-refractivity contribution is 0.484. The molecule has 1 atom stereocenters. The molecule has 3 nitrogen and oxygen atoms in total. The molecule has 0 aliphatic heterocycles. The third-order valence-corrected chi connectivity index (χ3v) is 5.01. The number of hydrogen-bond donors (Lipinski definition) is 1. The fraction of sp³-hybridized carbons (Fsp3) is 0. The zero-order valence-corrected chi connectivity index (χ0v) is 12.8. The zero-order valence-electron chi connectivity index (χ0n) is 11.9. The van der Waals surface area contributed by atoms with Crippen molar-refractivity contribution in [3.8, 4) is 5.75 Å². The lowest BCUT2D eigenvalue weighted by Crippen LogP contribution is -2.08. The fourth-order valence-electron chi connectivity index (χ4n) is 2.03. The first kappa shape index (κ1) is 14.6. The van der Waals surface area contributed by atoms with E-state index in [9.17, 15) is 4.89 Å². The van der Waals surface area contributed by atoms with Gasteiger partial charge in [0.2, 0.25) is 0 Å². The number of nitrogens with zero attached hydrogens (tertiary/aromatic N) is 1. The lowest BCUT2D eigenvalue weighted by Gasteiger charge is -2.19. The van der Waals surface area contributed by atoms with Crippen LogP contribution in [0.15, 0.2) is 95.7 Å². The first-order valence-electron chi connectivity index (χ1n) is 6.97. The first-order valence-corrected chi connectivity index (χ1v) is 8.58. The van der Waals surface area contributed by atoms with Crippen molar-refractivity contribution >= 4 is 18.5 Å². The maximum absolute atomic E-state index is 11.1. The Morgan fingerprint density at radius 2 is 1.18 bits per heavy atom. The van der Waals surface area contributed by atoms with Gasteiger partial charge < -0.3 is 9.42 Å². The summed E-state index contributed by atoms with van der Waals surface area (Å²) in [4.78, 5) is 11.1. The first-order chi connectivity index (χ1) is 10.8. The van der Waals surface area contributed by atoms with Crippen molar-refractivity contribution in [3.05, 3.63) is 91.0 Å². The predicted molar refractivity (Wildman–Crippen MR) is 90.8 cm³/mol. The molecule has 0 aliphatic carbocycles. The summed E-state index contributed by atoms with van der Waals surface area (Å²) in [6.07, 6.45) is 0. The number of hydrogen-bond acceptors (Lipinski definition) is 2. The van der Waals surface area contributed by atoms with Gasteiger partial charge in [-0.15, -0.1) is 0 Å². The average Bonchev–Trinajstić information content (AvgIpc) is 2.57. The Morgan fingerprint density at radius 3 is 1.77 bits per heavy atom. The van der Waals surface area contributed by atoms with Crippen LogP contribution in [0.25, 0.3) is 0 Å². The summed E-state index contributed by atoms with van der Waals surface area (Å²) >= 11 is 0. The van der Waals surface area contributed by atoms with Crippen molar-refractivity contribution in [2.24, 2.45) is 4.74 Å². The monoisotopic (exact) mass is 309 g/mol. The molecule has 0 saturated heterocycles. The third kappa shape index (κ3) is 3.45. The molecule has 0 bridgehead atoms. The second-order valence-electron chi connectivity index (χ2n) is 4.72. The van der Waals surface area contributed by atoms with Gasteiger partial charge in [0, 0.05) is 0 Å². The Balaban J connectivity index is 2.08. The number of benzene rings is 3. The Kier molecular flexibility index (Phi) is 4.38. The van der Waals surface area contributed by atoms with Gasteiger partial charge in [0.15, 0.2) is 0 Å².